The third-order valence-electron chi connectivity index (χ3n) is 4.84. The van der Waals surface area contributed by atoms with Crippen molar-refractivity contribution in [1.82, 2.24) is 19.6 Å². The normalized spacial score (nSPS) is 23.0. The molecule has 1 aromatic heterocycles. The molecule has 0 aromatic carbocycles. The fourth-order valence-corrected chi connectivity index (χ4v) is 3.61. The minimum absolute atomic E-state index is 0.101. The number of halogens is 2. The van der Waals surface area contributed by atoms with Crippen LogP contribution in [0.3, 0.4) is 0 Å². The summed E-state index contributed by atoms with van der Waals surface area (Å²) in [6.45, 7) is 2.11. The lowest BCUT2D eigenvalue weighted by Crippen LogP contribution is -2.42. The predicted molar refractivity (Wildman–Crippen MR) is 86.2 cm³/mol. The highest BCUT2D eigenvalue weighted by Crippen LogP contribution is 2.29. The number of rotatable bonds is 4. The quantitative estimate of drug-likeness (QED) is 0.861. The van der Waals surface area contributed by atoms with Crippen LogP contribution in [-0.2, 0) is 24.2 Å². The predicted octanol–water partition coefficient (Wildman–Crippen LogP) is 1.29. The van der Waals surface area contributed by atoms with E-state index in [1.807, 2.05) is 0 Å². The zero-order valence-electron chi connectivity index (χ0n) is 14.7. The Hall–Kier alpha value is -2.23. The van der Waals surface area contributed by atoms with Crippen molar-refractivity contribution in [2.75, 3.05) is 26.8 Å². The molecule has 0 saturated carbocycles. The van der Waals surface area contributed by atoms with Crippen LogP contribution in [0.5, 0.6) is 0 Å². The Morgan fingerprint density at radius 3 is 2.81 bits per heavy atom. The van der Waals surface area contributed by atoms with Crippen molar-refractivity contribution in [3.05, 3.63) is 17.0 Å². The van der Waals surface area contributed by atoms with Crippen LogP contribution >= 0.6 is 0 Å². The van der Waals surface area contributed by atoms with Crippen molar-refractivity contribution >= 4 is 12.0 Å². The number of ether oxygens (including phenoxy) is 1. The summed E-state index contributed by atoms with van der Waals surface area (Å²) in [5.41, 5.74) is 1.74. The van der Waals surface area contributed by atoms with Crippen LogP contribution in [0.4, 0.5) is 13.6 Å². The van der Waals surface area contributed by atoms with E-state index in [1.54, 1.807) is 18.7 Å². The number of carbonyl (C=O) groups excluding carboxylic acids is 1. The van der Waals surface area contributed by atoms with E-state index in [0.29, 0.717) is 30.8 Å². The lowest BCUT2D eigenvalue weighted by Gasteiger charge is -2.30. The molecule has 10 heteroatoms. The van der Waals surface area contributed by atoms with Gasteiger partial charge in [-0.15, -0.1) is 0 Å². The molecule has 2 aliphatic heterocycles. The van der Waals surface area contributed by atoms with Gasteiger partial charge in [-0.05, 0) is 6.92 Å². The second-order valence-corrected chi connectivity index (χ2v) is 6.90. The molecule has 2 amide bonds. The highest BCUT2D eigenvalue weighted by atomic mass is 19.3. The van der Waals surface area contributed by atoms with E-state index in [9.17, 15) is 23.5 Å². The standard InChI is InChI=1S/C16H22F2N4O4/c1-9-3-12-11(6-21(9)16(24)25)14-15(23)20(2)4-10(5-22(14)19-12)7-26-8-13(17)18/h9-10,13H,3-8H2,1-2H3,(H,24,25)/t9-,10-/m1/s1. The van der Waals surface area contributed by atoms with Gasteiger partial charge in [-0.3, -0.25) is 9.48 Å². The molecule has 8 nitrogen and oxygen atoms in total. The van der Waals surface area contributed by atoms with Crippen molar-refractivity contribution in [3.8, 4) is 0 Å². The van der Waals surface area contributed by atoms with Crippen LogP contribution in [0.1, 0.15) is 28.7 Å². The first-order valence-electron chi connectivity index (χ1n) is 8.47. The van der Waals surface area contributed by atoms with Gasteiger partial charge in [-0.2, -0.15) is 5.10 Å². The summed E-state index contributed by atoms with van der Waals surface area (Å²) in [5.74, 6) is -0.409. The Labute approximate surface area is 149 Å². The number of hydrogen-bond donors (Lipinski definition) is 1. The number of nitrogens with zero attached hydrogens (tertiary/aromatic N) is 4. The lowest BCUT2D eigenvalue weighted by atomic mass is 10.00. The van der Waals surface area contributed by atoms with E-state index in [0.717, 1.165) is 5.69 Å². The molecule has 1 N–H and O–H groups in total. The number of amides is 2. The maximum absolute atomic E-state index is 12.8. The van der Waals surface area contributed by atoms with Crippen molar-refractivity contribution < 1.29 is 28.2 Å². The van der Waals surface area contributed by atoms with Gasteiger partial charge in [-0.25, -0.2) is 13.6 Å². The van der Waals surface area contributed by atoms with Crippen LogP contribution in [-0.4, -0.2) is 76.0 Å². The Kier molecular flexibility index (Phi) is 5.12. The Morgan fingerprint density at radius 2 is 2.15 bits per heavy atom. The zero-order chi connectivity index (χ0) is 19.0. The van der Waals surface area contributed by atoms with Crippen LogP contribution in [0.25, 0.3) is 0 Å². The Morgan fingerprint density at radius 1 is 1.42 bits per heavy atom. The minimum atomic E-state index is -2.53. The first-order valence-corrected chi connectivity index (χ1v) is 8.47. The molecular formula is C16H22F2N4O4. The monoisotopic (exact) mass is 372 g/mol. The van der Waals surface area contributed by atoms with Gasteiger partial charge in [0.25, 0.3) is 12.3 Å². The molecule has 0 unspecified atom stereocenters. The Bertz CT molecular complexity index is 709. The second-order valence-electron chi connectivity index (χ2n) is 6.90. The first kappa shape index (κ1) is 18.6. The molecule has 0 bridgehead atoms. The molecule has 144 valence electrons. The van der Waals surface area contributed by atoms with E-state index < -0.39 is 19.1 Å². The first-order chi connectivity index (χ1) is 12.3. The maximum Gasteiger partial charge on any atom is 0.407 e. The molecule has 0 spiro atoms. The van der Waals surface area contributed by atoms with Gasteiger partial charge in [0.2, 0.25) is 0 Å². The molecule has 0 radical (unpaired) electrons. The summed E-state index contributed by atoms with van der Waals surface area (Å²) in [7, 11) is 1.64. The summed E-state index contributed by atoms with van der Waals surface area (Å²) < 4.78 is 31.2. The van der Waals surface area contributed by atoms with E-state index in [2.05, 4.69) is 5.10 Å². The molecule has 26 heavy (non-hydrogen) atoms. The molecule has 0 fully saturated rings. The third-order valence-corrected chi connectivity index (χ3v) is 4.84. The molecular weight excluding hydrogens is 350 g/mol. The number of carbonyl (C=O) groups is 2. The molecule has 1 aromatic rings. The highest BCUT2D eigenvalue weighted by Gasteiger charge is 2.37. The van der Waals surface area contributed by atoms with Gasteiger partial charge in [0, 0.05) is 44.1 Å². The molecule has 3 heterocycles. The van der Waals surface area contributed by atoms with E-state index in [4.69, 9.17) is 4.74 Å². The summed E-state index contributed by atoms with van der Waals surface area (Å²) in [5, 5.41) is 13.9. The average molecular weight is 372 g/mol. The average Bonchev–Trinajstić information content (AvgIpc) is 2.83. The van der Waals surface area contributed by atoms with Gasteiger partial charge < -0.3 is 19.6 Å². The number of aromatic nitrogens is 2. The van der Waals surface area contributed by atoms with Crippen LogP contribution in [0.15, 0.2) is 0 Å². The topological polar surface area (TPSA) is 87.9 Å². The van der Waals surface area contributed by atoms with Crippen LogP contribution < -0.4 is 0 Å². The van der Waals surface area contributed by atoms with Gasteiger partial charge in [0.15, 0.2) is 0 Å². The van der Waals surface area contributed by atoms with Gasteiger partial charge in [0.1, 0.15) is 12.3 Å². The maximum atomic E-state index is 12.8. The second kappa shape index (κ2) is 7.18. The van der Waals surface area contributed by atoms with E-state index in [-0.39, 0.29) is 31.0 Å². The van der Waals surface area contributed by atoms with Crippen molar-refractivity contribution in [2.45, 2.75) is 38.9 Å². The van der Waals surface area contributed by atoms with Crippen molar-refractivity contribution in [3.63, 3.8) is 0 Å². The van der Waals surface area contributed by atoms with Gasteiger partial charge >= 0.3 is 6.09 Å². The van der Waals surface area contributed by atoms with E-state index >= 15 is 0 Å². The SMILES string of the molecule is C[C@@H]1Cc2nn3c(c2CN1C(=O)O)C(=O)N(C)C[C@@H](COCC(F)F)C3. The molecule has 2 atom stereocenters. The highest BCUT2D eigenvalue weighted by molar-refractivity contribution is 5.94. The Balaban J connectivity index is 1.86. The number of alkyl halides is 2. The van der Waals surface area contributed by atoms with Gasteiger partial charge in [-0.1, -0.05) is 0 Å². The van der Waals surface area contributed by atoms with Crippen molar-refractivity contribution in [2.24, 2.45) is 5.92 Å². The summed E-state index contributed by atoms with van der Waals surface area (Å²) in [6, 6.07) is -0.225. The smallest absolute Gasteiger partial charge is 0.407 e. The fraction of sp³-hybridized carbons (Fsp3) is 0.688. The largest absolute Gasteiger partial charge is 0.465 e. The molecule has 3 rings (SSSR count). The molecule has 0 saturated heterocycles. The minimum Gasteiger partial charge on any atom is -0.465 e. The number of hydrogen-bond acceptors (Lipinski definition) is 4. The summed E-state index contributed by atoms with van der Waals surface area (Å²) >= 11 is 0. The fourth-order valence-electron chi connectivity index (χ4n) is 3.61. The molecule has 2 aliphatic rings. The van der Waals surface area contributed by atoms with Crippen LogP contribution in [0.2, 0.25) is 0 Å². The van der Waals surface area contributed by atoms with E-state index in [1.165, 1.54) is 9.80 Å². The third kappa shape index (κ3) is 3.50. The number of carboxylic acid groups (broad SMARTS) is 1. The zero-order valence-corrected chi connectivity index (χ0v) is 14.7. The van der Waals surface area contributed by atoms with Gasteiger partial charge in [0.05, 0.1) is 18.8 Å². The van der Waals surface area contributed by atoms with Crippen LogP contribution in [0, 0.1) is 5.92 Å². The summed E-state index contributed by atoms with van der Waals surface area (Å²) in [6.07, 6.45) is -3.13. The molecule has 0 aliphatic carbocycles. The lowest BCUT2D eigenvalue weighted by molar-refractivity contribution is -0.00113. The summed E-state index contributed by atoms with van der Waals surface area (Å²) in [4.78, 5) is 27.0. The van der Waals surface area contributed by atoms with Crippen molar-refractivity contribution in [1.29, 1.82) is 0 Å². The number of fused-ring (bicyclic) bond motifs is 3.